The van der Waals surface area contributed by atoms with Crippen LogP contribution in [0.1, 0.15) is 26.2 Å². The van der Waals surface area contributed by atoms with Crippen molar-refractivity contribution in [2.45, 2.75) is 38.3 Å². The van der Waals surface area contributed by atoms with Gasteiger partial charge in [0, 0.05) is 13.1 Å². The van der Waals surface area contributed by atoms with Crippen LogP contribution in [0.25, 0.3) is 0 Å². The molecule has 0 aromatic heterocycles. The molecule has 0 aromatic rings. The number of aliphatic hydroxyl groups excluding tert-OH is 1. The lowest BCUT2D eigenvalue weighted by Gasteiger charge is -2.35. The topological polar surface area (TPSA) is 70.0 Å². The monoisotopic (exact) mass is 231 g/mol. The predicted molar refractivity (Wildman–Crippen MR) is 59.3 cm³/mol. The quantitative estimate of drug-likeness (QED) is 0.689. The fourth-order valence-corrected chi connectivity index (χ4v) is 2.16. The second kappa shape index (κ2) is 6.83. The lowest BCUT2D eigenvalue weighted by molar-refractivity contribution is -0.144. The summed E-state index contributed by atoms with van der Waals surface area (Å²) in [5, 5.41) is 17.7. The van der Waals surface area contributed by atoms with E-state index in [0.717, 1.165) is 25.9 Å². The maximum Gasteiger partial charge on any atom is 0.320 e. The number of hydrogen-bond donors (Lipinski definition) is 2. The molecule has 0 saturated carbocycles. The van der Waals surface area contributed by atoms with Gasteiger partial charge in [-0.25, -0.2) is 0 Å². The second-order valence-corrected chi connectivity index (χ2v) is 4.09. The number of aliphatic hydroxyl groups is 1. The molecule has 1 heterocycles. The summed E-state index contributed by atoms with van der Waals surface area (Å²) in [6.45, 7) is 3.85. The van der Waals surface area contributed by atoms with E-state index in [9.17, 15) is 4.79 Å². The molecule has 2 N–H and O–H groups in total. The molecule has 1 saturated heterocycles. The molecule has 1 aliphatic heterocycles. The zero-order valence-electron chi connectivity index (χ0n) is 9.76. The summed E-state index contributed by atoms with van der Waals surface area (Å²) in [6.07, 6.45) is 2.51. The van der Waals surface area contributed by atoms with Crippen molar-refractivity contribution in [3.63, 3.8) is 0 Å². The molecule has 1 rings (SSSR count). The second-order valence-electron chi connectivity index (χ2n) is 4.09. The van der Waals surface area contributed by atoms with E-state index in [1.54, 1.807) is 0 Å². The van der Waals surface area contributed by atoms with Crippen LogP contribution in [-0.2, 0) is 9.53 Å². The summed E-state index contributed by atoms with van der Waals surface area (Å²) in [6, 6.07) is -0.362. The molecule has 1 fully saturated rings. The van der Waals surface area contributed by atoms with Gasteiger partial charge >= 0.3 is 5.97 Å². The van der Waals surface area contributed by atoms with Gasteiger partial charge in [0.05, 0.1) is 19.3 Å². The Balaban J connectivity index is 2.33. The van der Waals surface area contributed by atoms with Gasteiger partial charge < -0.3 is 14.9 Å². The van der Waals surface area contributed by atoms with Gasteiger partial charge in [0.25, 0.3) is 0 Å². The van der Waals surface area contributed by atoms with Crippen molar-refractivity contribution in [2.75, 3.05) is 26.3 Å². The largest absolute Gasteiger partial charge is 0.480 e. The van der Waals surface area contributed by atoms with Crippen LogP contribution in [0.3, 0.4) is 0 Å². The number of ether oxygens (including phenoxy) is 1. The van der Waals surface area contributed by atoms with Crippen LogP contribution in [0.2, 0.25) is 0 Å². The number of rotatable bonds is 6. The van der Waals surface area contributed by atoms with Crippen LogP contribution in [0.15, 0.2) is 0 Å². The van der Waals surface area contributed by atoms with Crippen LogP contribution in [0, 0.1) is 0 Å². The molecule has 0 aliphatic carbocycles. The molecule has 0 aromatic carbocycles. The van der Waals surface area contributed by atoms with Gasteiger partial charge in [-0.3, -0.25) is 9.69 Å². The summed E-state index contributed by atoms with van der Waals surface area (Å²) >= 11 is 0. The minimum atomic E-state index is -0.739. The highest BCUT2D eigenvalue weighted by Gasteiger charge is 2.28. The average Bonchev–Trinajstić information content (AvgIpc) is 2.28. The molecule has 16 heavy (non-hydrogen) atoms. The first kappa shape index (κ1) is 13.4. The fraction of sp³-hybridized carbons (Fsp3) is 0.909. The van der Waals surface area contributed by atoms with Crippen molar-refractivity contribution >= 4 is 5.97 Å². The Morgan fingerprint density at radius 2 is 2.12 bits per heavy atom. The van der Waals surface area contributed by atoms with Crippen LogP contribution in [-0.4, -0.2) is 59.5 Å². The number of piperidine rings is 1. The zero-order chi connectivity index (χ0) is 12.0. The first-order chi connectivity index (χ1) is 7.69. The molecular weight excluding hydrogens is 210 g/mol. The number of aliphatic carboxylic acids is 1. The lowest BCUT2D eigenvalue weighted by atomic mass is 10.0. The Labute approximate surface area is 96.0 Å². The van der Waals surface area contributed by atoms with Crippen molar-refractivity contribution in [1.29, 1.82) is 0 Å². The van der Waals surface area contributed by atoms with Crippen molar-refractivity contribution in [2.24, 2.45) is 0 Å². The van der Waals surface area contributed by atoms with Crippen molar-refractivity contribution in [3.05, 3.63) is 0 Å². The molecule has 5 nitrogen and oxygen atoms in total. The van der Waals surface area contributed by atoms with E-state index in [4.69, 9.17) is 14.9 Å². The summed E-state index contributed by atoms with van der Waals surface area (Å²) in [5.74, 6) is -0.739. The van der Waals surface area contributed by atoms with Crippen LogP contribution < -0.4 is 0 Å². The molecule has 94 valence electrons. The standard InChI is InChI=1S/C11H21NO4/c1-2-10(11(14)15)12-5-3-9(4-6-12)16-8-7-13/h9-10,13H,2-8H2,1H3,(H,14,15). The van der Waals surface area contributed by atoms with Crippen molar-refractivity contribution < 1.29 is 19.7 Å². The summed E-state index contributed by atoms with van der Waals surface area (Å²) in [4.78, 5) is 13.0. The molecule has 0 radical (unpaired) electrons. The fourth-order valence-electron chi connectivity index (χ4n) is 2.16. The molecule has 0 amide bonds. The minimum Gasteiger partial charge on any atom is -0.480 e. The number of carboxylic acid groups (broad SMARTS) is 1. The molecule has 1 atom stereocenters. The third-order valence-corrected chi connectivity index (χ3v) is 3.03. The maximum absolute atomic E-state index is 11.0. The number of carboxylic acids is 1. The average molecular weight is 231 g/mol. The third-order valence-electron chi connectivity index (χ3n) is 3.03. The molecular formula is C11H21NO4. The molecule has 1 unspecified atom stereocenters. The van der Waals surface area contributed by atoms with Gasteiger partial charge in [-0.15, -0.1) is 0 Å². The number of hydrogen-bond acceptors (Lipinski definition) is 4. The summed E-state index contributed by atoms with van der Waals surface area (Å²) in [7, 11) is 0. The SMILES string of the molecule is CCC(C(=O)O)N1CCC(OCCO)CC1. The first-order valence-corrected chi connectivity index (χ1v) is 5.88. The molecule has 1 aliphatic rings. The molecule has 0 bridgehead atoms. The Kier molecular flexibility index (Phi) is 5.73. The van der Waals surface area contributed by atoms with Gasteiger partial charge in [0.2, 0.25) is 0 Å². The highest BCUT2D eigenvalue weighted by Crippen LogP contribution is 2.17. The summed E-state index contributed by atoms with van der Waals surface area (Å²) < 4.78 is 5.43. The lowest BCUT2D eigenvalue weighted by Crippen LogP contribution is -2.46. The van der Waals surface area contributed by atoms with Gasteiger partial charge in [-0.2, -0.15) is 0 Å². The van der Waals surface area contributed by atoms with Crippen LogP contribution in [0.5, 0.6) is 0 Å². The Morgan fingerprint density at radius 3 is 2.56 bits per heavy atom. The Morgan fingerprint density at radius 1 is 1.50 bits per heavy atom. The van der Waals surface area contributed by atoms with Gasteiger partial charge in [0.15, 0.2) is 0 Å². The van der Waals surface area contributed by atoms with Crippen LogP contribution in [0.4, 0.5) is 0 Å². The minimum absolute atomic E-state index is 0.0485. The van der Waals surface area contributed by atoms with Gasteiger partial charge in [-0.1, -0.05) is 6.92 Å². The normalized spacial score (nSPS) is 20.9. The zero-order valence-corrected chi connectivity index (χ0v) is 9.76. The Hall–Kier alpha value is -0.650. The summed E-state index contributed by atoms with van der Waals surface area (Å²) in [5.41, 5.74) is 0. The van der Waals surface area contributed by atoms with Crippen LogP contribution >= 0.6 is 0 Å². The molecule has 5 heteroatoms. The maximum atomic E-state index is 11.0. The number of carbonyl (C=O) groups is 1. The van der Waals surface area contributed by atoms with E-state index < -0.39 is 5.97 Å². The third kappa shape index (κ3) is 3.73. The molecule has 0 spiro atoms. The predicted octanol–water partition coefficient (Wildman–Crippen LogP) is 0.323. The smallest absolute Gasteiger partial charge is 0.320 e. The number of nitrogens with zero attached hydrogens (tertiary/aromatic N) is 1. The van der Waals surface area contributed by atoms with Gasteiger partial charge in [-0.05, 0) is 19.3 Å². The van der Waals surface area contributed by atoms with E-state index in [2.05, 4.69) is 0 Å². The van der Waals surface area contributed by atoms with Gasteiger partial charge in [0.1, 0.15) is 6.04 Å². The van der Waals surface area contributed by atoms with Crippen molar-refractivity contribution in [3.8, 4) is 0 Å². The first-order valence-electron chi connectivity index (χ1n) is 5.88. The highest BCUT2D eigenvalue weighted by atomic mass is 16.5. The van der Waals surface area contributed by atoms with Crippen molar-refractivity contribution in [1.82, 2.24) is 4.90 Å². The van der Waals surface area contributed by atoms with E-state index >= 15 is 0 Å². The van der Waals surface area contributed by atoms with E-state index in [-0.39, 0.29) is 18.8 Å². The highest BCUT2D eigenvalue weighted by molar-refractivity contribution is 5.73. The van der Waals surface area contributed by atoms with E-state index in [1.165, 1.54) is 0 Å². The van der Waals surface area contributed by atoms with E-state index in [0.29, 0.717) is 13.0 Å². The van der Waals surface area contributed by atoms with E-state index in [1.807, 2.05) is 11.8 Å². The number of likely N-dealkylation sites (tertiary alicyclic amines) is 1. The Bertz CT molecular complexity index is 214.